The van der Waals surface area contributed by atoms with E-state index in [-0.39, 0.29) is 10.1 Å². The Balaban J connectivity index is 1.87. The number of para-hydroxylation sites is 1. The topological polar surface area (TPSA) is 94.8 Å². The number of aliphatic carboxylic acids is 1. The fourth-order valence-corrected chi connectivity index (χ4v) is 3.51. The summed E-state index contributed by atoms with van der Waals surface area (Å²) in [5.41, 5.74) is 3.47. The smallest absolute Gasteiger partial charge is 0.281 e. The number of H-pyrrole nitrogens is 1. The molecule has 0 fully saturated rings. The van der Waals surface area contributed by atoms with Crippen LogP contribution in [0, 0.1) is 6.92 Å². The number of aromatic amines is 1. The highest BCUT2D eigenvalue weighted by atomic mass is 32.2. The van der Waals surface area contributed by atoms with Gasteiger partial charge >= 0.3 is 0 Å². The Morgan fingerprint density at radius 2 is 1.85 bits per heavy atom. The number of hydrogen-bond donors (Lipinski definition) is 1. The van der Waals surface area contributed by atoms with Crippen molar-refractivity contribution in [1.29, 1.82) is 0 Å². The number of rotatable bonds is 5. The fourth-order valence-electron chi connectivity index (χ4n) is 2.82. The molecule has 6 nitrogen and oxygen atoms in total. The Morgan fingerprint density at radius 1 is 1.11 bits per heavy atom. The van der Waals surface area contributed by atoms with E-state index in [2.05, 4.69) is 15.2 Å². The minimum Gasteiger partial charge on any atom is -0.544 e. The molecule has 2 aromatic heterocycles. The van der Waals surface area contributed by atoms with E-state index in [0.29, 0.717) is 5.89 Å². The number of nitrogens with one attached hydrogen (secondary N) is 1. The first kappa shape index (κ1) is 17.1. The molecule has 1 N–H and O–H groups in total. The standard InChI is InChI=1S/C20H15N3O3S/c1-12-22-23-20(26-12)27-17(19(24)25)11-15-14-9-5-6-10-16(14)21-18(15)13-7-3-2-4-8-13/h2-11,21H,1H3,(H,24,25)/p-1/b17-11-. The van der Waals surface area contributed by atoms with Crippen molar-refractivity contribution in [2.24, 2.45) is 0 Å². The average molecular weight is 376 g/mol. The van der Waals surface area contributed by atoms with E-state index in [0.717, 1.165) is 39.5 Å². The van der Waals surface area contributed by atoms with Crippen LogP contribution in [0.3, 0.4) is 0 Å². The van der Waals surface area contributed by atoms with Gasteiger partial charge in [-0.25, -0.2) is 0 Å². The summed E-state index contributed by atoms with van der Waals surface area (Å²) in [4.78, 5) is 15.1. The van der Waals surface area contributed by atoms with Gasteiger partial charge in [-0.2, -0.15) is 0 Å². The van der Waals surface area contributed by atoms with Crippen LogP contribution in [0.4, 0.5) is 0 Å². The van der Waals surface area contributed by atoms with E-state index in [1.54, 1.807) is 13.0 Å². The first-order valence-corrected chi connectivity index (χ1v) is 9.00. The van der Waals surface area contributed by atoms with Crippen molar-refractivity contribution < 1.29 is 14.3 Å². The molecule has 4 aromatic rings. The number of benzene rings is 2. The first-order chi connectivity index (χ1) is 13.1. The summed E-state index contributed by atoms with van der Waals surface area (Å²) in [6.45, 7) is 1.65. The molecule has 0 spiro atoms. The number of carboxylic acid groups (broad SMARTS) is 1. The van der Waals surface area contributed by atoms with Gasteiger partial charge in [-0.15, -0.1) is 10.2 Å². The molecule has 2 aromatic carbocycles. The minimum atomic E-state index is -1.31. The third-order valence-corrected chi connectivity index (χ3v) is 4.83. The monoisotopic (exact) mass is 376 g/mol. The zero-order chi connectivity index (χ0) is 18.8. The molecule has 2 heterocycles. The highest BCUT2D eigenvalue weighted by Crippen LogP contribution is 2.35. The van der Waals surface area contributed by atoms with E-state index in [9.17, 15) is 9.90 Å². The summed E-state index contributed by atoms with van der Waals surface area (Å²) in [5, 5.41) is 20.4. The van der Waals surface area contributed by atoms with Crippen LogP contribution >= 0.6 is 11.8 Å². The van der Waals surface area contributed by atoms with Gasteiger partial charge in [0.25, 0.3) is 5.22 Å². The van der Waals surface area contributed by atoms with Crippen LogP contribution in [0.1, 0.15) is 11.5 Å². The molecular weight excluding hydrogens is 362 g/mol. The Kier molecular flexibility index (Phi) is 4.52. The van der Waals surface area contributed by atoms with Gasteiger partial charge < -0.3 is 19.3 Å². The van der Waals surface area contributed by atoms with E-state index in [1.807, 2.05) is 54.6 Å². The fraction of sp³-hybridized carbons (Fsp3) is 0.0500. The predicted molar refractivity (Wildman–Crippen MR) is 102 cm³/mol. The minimum absolute atomic E-state index is 0.0133. The van der Waals surface area contributed by atoms with Gasteiger partial charge in [0.15, 0.2) is 0 Å². The summed E-state index contributed by atoms with van der Waals surface area (Å²) in [5.74, 6) is -0.938. The van der Waals surface area contributed by atoms with Gasteiger partial charge in [-0.1, -0.05) is 48.5 Å². The van der Waals surface area contributed by atoms with E-state index in [4.69, 9.17) is 4.42 Å². The highest BCUT2D eigenvalue weighted by molar-refractivity contribution is 8.03. The average Bonchev–Trinajstić information content (AvgIpc) is 3.25. The third-order valence-electron chi connectivity index (χ3n) is 3.99. The van der Waals surface area contributed by atoms with Crippen LogP contribution in [-0.4, -0.2) is 21.2 Å². The molecule has 0 saturated heterocycles. The number of carbonyl (C=O) groups excluding carboxylic acids is 1. The molecule has 4 rings (SSSR count). The lowest BCUT2D eigenvalue weighted by atomic mass is 10.0. The van der Waals surface area contributed by atoms with Crippen molar-refractivity contribution in [3.05, 3.63) is 71.0 Å². The van der Waals surface area contributed by atoms with Gasteiger partial charge in [0.2, 0.25) is 5.89 Å². The van der Waals surface area contributed by atoms with Crippen LogP contribution < -0.4 is 5.11 Å². The molecule has 0 aliphatic carbocycles. The lowest BCUT2D eigenvalue weighted by Crippen LogP contribution is -2.23. The van der Waals surface area contributed by atoms with Gasteiger partial charge in [0.1, 0.15) is 0 Å². The van der Waals surface area contributed by atoms with Crippen molar-refractivity contribution in [3.8, 4) is 11.3 Å². The quantitative estimate of drug-likeness (QED) is 0.424. The molecular formula is C20H14N3O3S-. The second-order valence-electron chi connectivity index (χ2n) is 5.81. The summed E-state index contributed by atoms with van der Waals surface area (Å²) in [7, 11) is 0. The van der Waals surface area contributed by atoms with Crippen LogP contribution in [0.25, 0.3) is 28.2 Å². The van der Waals surface area contributed by atoms with Crippen LogP contribution in [0.2, 0.25) is 0 Å². The van der Waals surface area contributed by atoms with Crippen LogP contribution in [-0.2, 0) is 4.79 Å². The summed E-state index contributed by atoms with van der Waals surface area (Å²) in [6, 6.07) is 17.5. The summed E-state index contributed by atoms with van der Waals surface area (Å²) >= 11 is 0.873. The largest absolute Gasteiger partial charge is 0.544 e. The second kappa shape index (κ2) is 7.13. The summed E-state index contributed by atoms with van der Waals surface area (Å²) in [6.07, 6.45) is 1.58. The zero-order valence-corrected chi connectivity index (χ0v) is 15.1. The number of nitrogens with zero attached hydrogens (tertiary/aromatic N) is 2. The molecule has 7 heteroatoms. The maximum atomic E-state index is 11.7. The maximum absolute atomic E-state index is 11.7. The van der Waals surface area contributed by atoms with Crippen molar-refractivity contribution in [2.45, 2.75) is 12.1 Å². The van der Waals surface area contributed by atoms with Crippen molar-refractivity contribution >= 4 is 34.7 Å². The molecule has 0 amide bonds. The zero-order valence-electron chi connectivity index (χ0n) is 14.3. The lowest BCUT2D eigenvalue weighted by Gasteiger charge is -2.07. The summed E-state index contributed by atoms with van der Waals surface area (Å²) < 4.78 is 5.29. The molecule has 0 aliphatic heterocycles. The van der Waals surface area contributed by atoms with Gasteiger partial charge in [0.05, 0.1) is 11.7 Å². The molecule has 27 heavy (non-hydrogen) atoms. The van der Waals surface area contributed by atoms with Crippen molar-refractivity contribution in [3.63, 3.8) is 0 Å². The van der Waals surface area contributed by atoms with E-state index in [1.165, 1.54) is 0 Å². The maximum Gasteiger partial charge on any atom is 0.281 e. The Bertz CT molecular complexity index is 1150. The molecule has 0 bridgehead atoms. The SMILES string of the molecule is Cc1nnc(S/C(=C\c2c(-c3ccccc3)[nH]c3ccccc23)C(=O)[O-])o1. The van der Waals surface area contributed by atoms with Gasteiger partial charge in [-0.05, 0) is 29.5 Å². The number of carboxylic acids is 1. The molecule has 134 valence electrons. The molecule has 0 aliphatic rings. The van der Waals surface area contributed by atoms with E-state index >= 15 is 0 Å². The Labute approximate surface area is 158 Å². The molecule has 0 unspecified atom stereocenters. The van der Waals surface area contributed by atoms with Crippen molar-refractivity contribution in [1.82, 2.24) is 15.2 Å². The van der Waals surface area contributed by atoms with Gasteiger partial charge in [-0.3, -0.25) is 0 Å². The van der Waals surface area contributed by atoms with Crippen LogP contribution in [0.15, 0.2) is 69.1 Å². The highest BCUT2D eigenvalue weighted by Gasteiger charge is 2.15. The number of thioether (sulfide) groups is 1. The van der Waals surface area contributed by atoms with Gasteiger partial charge in [0, 0.05) is 28.3 Å². The number of carbonyl (C=O) groups is 1. The predicted octanol–water partition coefficient (Wildman–Crippen LogP) is 3.41. The third kappa shape index (κ3) is 3.50. The number of aromatic nitrogens is 3. The molecule has 0 atom stereocenters. The Morgan fingerprint density at radius 3 is 2.56 bits per heavy atom. The molecule has 0 saturated carbocycles. The lowest BCUT2D eigenvalue weighted by molar-refractivity contribution is -0.298. The van der Waals surface area contributed by atoms with E-state index < -0.39 is 5.97 Å². The number of aryl methyl sites for hydroxylation is 1. The second-order valence-corrected chi connectivity index (χ2v) is 6.80. The normalized spacial score (nSPS) is 11.8. The van der Waals surface area contributed by atoms with Crippen molar-refractivity contribution in [2.75, 3.05) is 0 Å². The molecule has 0 radical (unpaired) electrons. The first-order valence-electron chi connectivity index (χ1n) is 8.19. The Hall–Kier alpha value is -3.32. The number of hydrogen-bond acceptors (Lipinski definition) is 6. The number of fused-ring (bicyclic) bond motifs is 1. The van der Waals surface area contributed by atoms with Crippen LogP contribution in [0.5, 0.6) is 0 Å².